The van der Waals surface area contributed by atoms with Crippen LogP contribution in [-0.4, -0.2) is 40.6 Å². The summed E-state index contributed by atoms with van der Waals surface area (Å²) in [5, 5.41) is 3.65. The van der Waals surface area contributed by atoms with Crippen LogP contribution in [0, 0.1) is 0 Å². The molecule has 4 nitrogen and oxygen atoms in total. The minimum atomic E-state index is 0.348. The van der Waals surface area contributed by atoms with Crippen molar-refractivity contribution in [1.82, 2.24) is 19.8 Å². The van der Waals surface area contributed by atoms with E-state index in [0.29, 0.717) is 5.54 Å². The lowest BCUT2D eigenvalue weighted by Crippen LogP contribution is -2.52. The van der Waals surface area contributed by atoms with Crippen LogP contribution in [0.4, 0.5) is 0 Å². The Kier molecular flexibility index (Phi) is 5.61. The van der Waals surface area contributed by atoms with E-state index in [1.54, 1.807) is 0 Å². The van der Waals surface area contributed by atoms with Gasteiger partial charge in [0.1, 0.15) is 5.82 Å². The minimum Gasteiger partial charge on any atom is -0.334 e. The van der Waals surface area contributed by atoms with Crippen molar-refractivity contribution in [2.45, 2.75) is 64.1 Å². The van der Waals surface area contributed by atoms with Gasteiger partial charge in [-0.25, -0.2) is 4.98 Å². The maximum Gasteiger partial charge on any atom is 0.122 e. The van der Waals surface area contributed by atoms with Crippen LogP contribution < -0.4 is 5.32 Å². The number of rotatable bonds is 7. The first-order valence-electron chi connectivity index (χ1n) is 8.06. The van der Waals surface area contributed by atoms with E-state index in [-0.39, 0.29) is 0 Å². The number of hydrogen-bond donors (Lipinski definition) is 1. The zero-order valence-electron chi connectivity index (χ0n) is 13.4. The normalized spacial score (nSPS) is 18.6. The van der Waals surface area contributed by atoms with Crippen molar-refractivity contribution in [2.24, 2.45) is 0 Å². The Hall–Kier alpha value is -0.870. The average molecular weight is 278 g/mol. The lowest BCUT2D eigenvalue weighted by atomic mass is 9.80. The van der Waals surface area contributed by atoms with Crippen molar-refractivity contribution in [3.05, 3.63) is 18.2 Å². The zero-order chi connectivity index (χ0) is 14.4. The molecule has 1 N–H and O–H groups in total. The monoisotopic (exact) mass is 278 g/mol. The predicted molar refractivity (Wildman–Crippen MR) is 83.7 cm³/mol. The summed E-state index contributed by atoms with van der Waals surface area (Å²) in [7, 11) is 4.45. The SMILES string of the molecule is CCCn1ccnc1CNCC1(N(C)C)CCCCC1. The number of nitrogens with zero attached hydrogens (tertiary/aromatic N) is 3. The fourth-order valence-corrected chi connectivity index (χ4v) is 3.35. The molecule has 1 saturated carbocycles. The quantitative estimate of drug-likeness (QED) is 0.832. The van der Waals surface area contributed by atoms with Gasteiger partial charge in [-0.1, -0.05) is 26.2 Å². The highest BCUT2D eigenvalue weighted by Crippen LogP contribution is 2.31. The van der Waals surface area contributed by atoms with Gasteiger partial charge in [0.05, 0.1) is 6.54 Å². The third kappa shape index (κ3) is 3.61. The van der Waals surface area contributed by atoms with Crippen LogP contribution in [0.3, 0.4) is 0 Å². The van der Waals surface area contributed by atoms with Gasteiger partial charge in [-0.2, -0.15) is 0 Å². The molecule has 2 rings (SSSR count). The molecule has 0 spiro atoms. The molecule has 1 fully saturated rings. The Labute approximate surface area is 123 Å². The molecule has 0 saturated heterocycles. The smallest absolute Gasteiger partial charge is 0.122 e. The van der Waals surface area contributed by atoms with Crippen LogP contribution in [0.5, 0.6) is 0 Å². The highest BCUT2D eigenvalue weighted by molar-refractivity contribution is 4.96. The summed E-state index contributed by atoms with van der Waals surface area (Å²) in [6.45, 7) is 5.22. The molecule has 0 amide bonds. The first-order valence-corrected chi connectivity index (χ1v) is 8.06. The highest BCUT2D eigenvalue weighted by Gasteiger charge is 2.33. The van der Waals surface area contributed by atoms with E-state index in [1.807, 2.05) is 6.20 Å². The van der Waals surface area contributed by atoms with Crippen molar-refractivity contribution in [3.8, 4) is 0 Å². The van der Waals surface area contributed by atoms with Crippen molar-refractivity contribution < 1.29 is 0 Å². The molecule has 0 aromatic carbocycles. The summed E-state index contributed by atoms with van der Waals surface area (Å²) in [5.41, 5.74) is 0.348. The Morgan fingerprint density at radius 3 is 2.70 bits per heavy atom. The molecule has 20 heavy (non-hydrogen) atoms. The maximum atomic E-state index is 4.47. The molecule has 1 aromatic heterocycles. The van der Waals surface area contributed by atoms with E-state index in [9.17, 15) is 0 Å². The van der Waals surface area contributed by atoms with Crippen molar-refractivity contribution in [1.29, 1.82) is 0 Å². The third-order valence-electron chi connectivity index (χ3n) is 4.74. The first kappa shape index (κ1) is 15.5. The highest BCUT2D eigenvalue weighted by atomic mass is 15.2. The number of imidazole rings is 1. The molecule has 0 radical (unpaired) electrons. The molecule has 0 atom stereocenters. The van der Waals surface area contributed by atoms with Crippen LogP contribution in [0.1, 0.15) is 51.3 Å². The van der Waals surface area contributed by atoms with Crippen LogP contribution in [0.25, 0.3) is 0 Å². The van der Waals surface area contributed by atoms with E-state index in [4.69, 9.17) is 0 Å². The summed E-state index contributed by atoms with van der Waals surface area (Å²) >= 11 is 0. The molecule has 1 aliphatic carbocycles. The van der Waals surface area contributed by atoms with Gasteiger partial charge in [-0.15, -0.1) is 0 Å². The van der Waals surface area contributed by atoms with Gasteiger partial charge in [0, 0.05) is 31.0 Å². The van der Waals surface area contributed by atoms with E-state index < -0.39 is 0 Å². The Morgan fingerprint density at radius 2 is 2.05 bits per heavy atom. The maximum absolute atomic E-state index is 4.47. The molecule has 0 unspecified atom stereocenters. The van der Waals surface area contributed by atoms with Gasteiger partial charge in [0.15, 0.2) is 0 Å². The molecule has 1 aliphatic rings. The minimum absolute atomic E-state index is 0.348. The van der Waals surface area contributed by atoms with Crippen LogP contribution in [0.2, 0.25) is 0 Å². The molecule has 1 heterocycles. The topological polar surface area (TPSA) is 33.1 Å². The molecular formula is C16H30N4. The van der Waals surface area contributed by atoms with Gasteiger partial charge in [0.2, 0.25) is 0 Å². The standard InChI is InChI=1S/C16H30N4/c1-4-11-20-12-10-18-15(20)13-17-14-16(19(2)3)8-6-5-7-9-16/h10,12,17H,4-9,11,13-14H2,1-3H3. The average Bonchev–Trinajstić information content (AvgIpc) is 2.88. The van der Waals surface area contributed by atoms with Crippen molar-refractivity contribution >= 4 is 0 Å². The van der Waals surface area contributed by atoms with Crippen LogP contribution in [-0.2, 0) is 13.1 Å². The largest absolute Gasteiger partial charge is 0.334 e. The lowest BCUT2D eigenvalue weighted by Gasteiger charge is -2.43. The molecule has 0 aliphatic heterocycles. The van der Waals surface area contributed by atoms with Crippen LogP contribution >= 0.6 is 0 Å². The zero-order valence-corrected chi connectivity index (χ0v) is 13.4. The van der Waals surface area contributed by atoms with E-state index in [0.717, 1.165) is 31.9 Å². The summed E-state index contributed by atoms with van der Waals surface area (Å²) in [5.74, 6) is 1.16. The molecule has 0 bridgehead atoms. The molecule has 114 valence electrons. The summed E-state index contributed by atoms with van der Waals surface area (Å²) in [6.07, 6.45) is 11.9. The first-order chi connectivity index (χ1) is 9.68. The third-order valence-corrected chi connectivity index (χ3v) is 4.74. The van der Waals surface area contributed by atoms with Gasteiger partial charge in [0.25, 0.3) is 0 Å². The van der Waals surface area contributed by atoms with Gasteiger partial charge >= 0.3 is 0 Å². The second kappa shape index (κ2) is 7.23. The van der Waals surface area contributed by atoms with E-state index in [2.05, 4.69) is 47.0 Å². The van der Waals surface area contributed by atoms with E-state index >= 15 is 0 Å². The van der Waals surface area contributed by atoms with Gasteiger partial charge < -0.3 is 14.8 Å². The number of nitrogens with one attached hydrogen (secondary N) is 1. The lowest BCUT2D eigenvalue weighted by molar-refractivity contribution is 0.0981. The van der Waals surface area contributed by atoms with Crippen molar-refractivity contribution in [2.75, 3.05) is 20.6 Å². The number of aromatic nitrogens is 2. The van der Waals surface area contributed by atoms with E-state index in [1.165, 1.54) is 32.1 Å². The van der Waals surface area contributed by atoms with Crippen LogP contribution in [0.15, 0.2) is 12.4 Å². The fraction of sp³-hybridized carbons (Fsp3) is 0.812. The second-order valence-corrected chi connectivity index (χ2v) is 6.32. The Bertz CT molecular complexity index is 391. The second-order valence-electron chi connectivity index (χ2n) is 6.32. The predicted octanol–water partition coefficient (Wildman–Crippen LogP) is 2.65. The Morgan fingerprint density at radius 1 is 1.30 bits per heavy atom. The number of aryl methyl sites for hydroxylation is 1. The molecule has 1 aromatic rings. The summed E-state index contributed by atoms with van der Waals surface area (Å²) in [4.78, 5) is 6.90. The number of hydrogen-bond acceptors (Lipinski definition) is 3. The summed E-state index contributed by atoms with van der Waals surface area (Å²) in [6, 6.07) is 0. The summed E-state index contributed by atoms with van der Waals surface area (Å²) < 4.78 is 2.26. The molecule has 4 heteroatoms. The Balaban J connectivity index is 1.88. The number of likely N-dealkylation sites (N-methyl/N-ethyl adjacent to an activating group) is 1. The fourth-order valence-electron chi connectivity index (χ4n) is 3.35. The van der Waals surface area contributed by atoms with Gasteiger partial charge in [-0.3, -0.25) is 0 Å². The van der Waals surface area contributed by atoms with Gasteiger partial charge in [-0.05, 0) is 33.4 Å². The molecular weight excluding hydrogens is 248 g/mol. The van der Waals surface area contributed by atoms with Crippen molar-refractivity contribution in [3.63, 3.8) is 0 Å².